The second kappa shape index (κ2) is 4.46. The average Bonchev–Trinajstić information content (AvgIpc) is 2.17. The minimum Gasteiger partial charge on any atom is -1.00 e. The van der Waals surface area contributed by atoms with Gasteiger partial charge in [-0.3, -0.25) is 4.90 Å². The number of hydrogen-bond acceptors (Lipinski definition) is 1. The highest BCUT2D eigenvalue weighted by Gasteiger charge is 2.32. The number of hydrogen-bond donors (Lipinski definition) is 1. The van der Waals surface area contributed by atoms with E-state index in [2.05, 4.69) is 39.8 Å². The summed E-state index contributed by atoms with van der Waals surface area (Å²) in [4.78, 5) is 3.93. The number of nitrogens with zero attached hydrogens (tertiary/aromatic N) is 1. The van der Waals surface area contributed by atoms with Crippen LogP contribution < -0.4 is 28.9 Å². The lowest BCUT2D eigenvalue weighted by Gasteiger charge is -2.23. The Hall–Kier alpha value is 0.230. The molecule has 0 radical (unpaired) electrons. The van der Waals surface area contributed by atoms with E-state index < -0.39 is 0 Å². The summed E-state index contributed by atoms with van der Waals surface area (Å²) in [6, 6.07) is 0. The van der Waals surface area contributed by atoms with E-state index >= 15 is 0 Å². The van der Waals surface area contributed by atoms with E-state index in [0.29, 0.717) is 6.17 Å². The molecule has 1 aliphatic rings. The zero-order chi connectivity index (χ0) is 8.59. The predicted octanol–water partition coefficient (Wildman–Crippen LogP) is -2.56. The van der Waals surface area contributed by atoms with Crippen LogP contribution in [0.3, 0.4) is 0 Å². The molecule has 1 aliphatic heterocycles. The lowest BCUT2D eigenvalue weighted by Crippen LogP contribution is -3.10. The largest absolute Gasteiger partial charge is 1.00 e. The van der Waals surface area contributed by atoms with Crippen LogP contribution in [0.4, 0.5) is 0 Å². The third-order valence-corrected chi connectivity index (χ3v) is 3.02. The molecule has 0 aliphatic carbocycles. The summed E-state index contributed by atoms with van der Waals surface area (Å²) in [5.74, 6) is 0. The molecule has 1 heterocycles. The summed E-state index contributed by atoms with van der Waals surface area (Å²) in [7, 11) is 4.43. The summed E-state index contributed by atoms with van der Waals surface area (Å²) in [6.07, 6.45) is 1.88. The van der Waals surface area contributed by atoms with Gasteiger partial charge in [0, 0.05) is 20.4 Å². The van der Waals surface area contributed by atoms with Crippen molar-refractivity contribution in [1.29, 1.82) is 0 Å². The fourth-order valence-corrected chi connectivity index (χ4v) is 1.90. The van der Waals surface area contributed by atoms with Gasteiger partial charge in [-0.2, -0.15) is 0 Å². The maximum Gasteiger partial charge on any atom is 0.166 e. The maximum absolute atomic E-state index is 2.38. The molecule has 72 valence electrons. The van der Waals surface area contributed by atoms with Crippen LogP contribution in [0.2, 0.25) is 0 Å². The number of quaternary nitrogens is 1. The van der Waals surface area contributed by atoms with Crippen LogP contribution in [-0.2, 0) is 0 Å². The van der Waals surface area contributed by atoms with Gasteiger partial charge in [0.15, 0.2) is 6.17 Å². The van der Waals surface area contributed by atoms with Gasteiger partial charge in [-0.05, 0) is 6.92 Å². The minimum absolute atomic E-state index is 0. The first-order chi connectivity index (χ1) is 5.09. The van der Waals surface area contributed by atoms with Crippen molar-refractivity contribution in [3.63, 3.8) is 0 Å². The molecule has 1 rings (SSSR count). The fraction of sp³-hybridized carbons (Fsp3) is 0.778. The first-order valence-electron chi connectivity index (χ1n) is 4.33. The molecule has 1 N–H and O–H groups in total. The Labute approximate surface area is 92.6 Å². The van der Waals surface area contributed by atoms with E-state index in [4.69, 9.17) is 0 Å². The monoisotopic (exact) mass is 282 g/mol. The normalized spacial score (nSPS) is 29.2. The van der Waals surface area contributed by atoms with Gasteiger partial charge < -0.3 is 28.9 Å². The Bertz CT molecular complexity index is 171. The van der Waals surface area contributed by atoms with Crippen LogP contribution >= 0.6 is 0 Å². The van der Waals surface area contributed by atoms with Crippen LogP contribution in [0.25, 0.3) is 0 Å². The second-order valence-corrected chi connectivity index (χ2v) is 3.43. The molecule has 0 amide bonds. The second-order valence-electron chi connectivity index (χ2n) is 3.43. The summed E-state index contributed by atoms with van der Waals surface area (Å²) in [6.45, 7) is 6.67. The molecule has 12 heavy (non-hydrogen) atoms. The average molecular weight is 282 g/mol. The highest BCUT2D eigenvalue weighted by molar-refractivity contribution is 5.05. The van der Waals surface area contributed by atoms with Gasteiger partial charge in [0.1, 0.15) is 5.70 Å². The Morgan fingerprint density at radius 3 is 2.08 bits per heavy atom. The highest BCUT2D eigenvalue weighted by atomic mass is 127. The van der Waals surface area contributed by atoms with E-state index in [1.807, 2.05) is 0 Å². The summed E-state index contributed by atoms with van der Waals surface area (Å²) >= 11 is 0. The maximum atomic E-state index is 2.38. The van der Waals surface area contributed by atoms with Crippen LogP contribution in [-0.4, -0.2) is 25.2 Å². The van der Waals surface area contributed by atoms with Crippen molar-refractivity contribution in [3.05, 3.63) is 11.4 Å². The molecular weight excluding hydrogens is 263 g/mol. The van der Waals surface area contributed by atoms with E-state index in [1.54, 1.807) is 4.90 Å². The van der Waals surface area contributed by atoms with E-state index in [0.717, 1.165) is 0 Å². The molecule has 2 atom stereocenters. The SMILES string of the molecule is CCC1N(C)C(C)=C(C)[NH+]1C.[I-]. The Morgan fingerprint density at radius 2 is 1.92 bits per heavy atom. The zero-order valence-corrected chi connectivity index (χ0v) is 10.8. The van der Waals surface area contributed by atoms with Crippen molar-refractivity contribution >= 4 is 0 Å². The lowest BCUT2D eigenvalue weighted by atomic mass is 10.3. The van der Waals surface area contributed by atoms with Crippen molar-refractivity contribution in [1.82, 2.24) is 4.90 Å². The Morgan fingerprint density at radius 1 is 1.42 bits per heavy atom. The van der Waals surface area contributed by atoms with Gasteiger partial charge in [-0.25, -0.2) is 0 Å². The van der Waals surface area contributed by atoms with Crippen molar-refractivity contribution in [2.24, 2.45) is 0 Å². The van der Waals surface area contributed by atoms with E-state index in [9.17, 15) is 0 Å². The van der Waals surface area contributed by atoms with Crippen LogP contribution in [0.5, 0.6) is 0 Å². The molecule has 2 unspecified atom stereocenters. The van der Waals surface area contributed by atoms with Crippen molar-refractivity contribution in [2.75, 3.05) is 14.1 Å². The third kappa shape index (κ3) is 1.76. The Balaban J connectivity index is 0.00000121. The lowest BCUT2D eigenvalue weighted by molar-refractivity contribution is -0.869. The van der Waals surface area contributed by atoms with Crippen molar-refractivity contribution in [2.45, 2.75) is 33.4 Å². The van der Waals surface area contributed by atoms with Gasteiger partial charge in [0.2, 0.25) is 0 Å². The number of allylic oxidation sites excluding steroid dienone is 2. The first kappa shape index (κ1) is 12.2. The van der Waals surface area contributed by atoms with Crippen LogP contribution in [0, 0.1) is 0 Å². The van der Waals surface area contributed by atoms with Crippen molar-refractivity contribution in [3.8, 4) is 0 Å². The molecule has 0 aromatic rings. The molecule has 0 saturated heterocycles. The topological polar surface area (TPSA) is 7.68 Å². The summed E-state index contributed by atoms with van der Waals surface area (Å²) in [5, 5.41) is 0. The molecule has 0 aromatic heterocycles. The number of halogens is 1. The third-order valence-electron chi connectivity index (χ3n) is 3.02. The molecule has 0 bridgehead atoms. The van der Waals surface area contributed by atoms with Crippen molar-refractivity contribution < 1.29 is 28.9 Å². The van der Waals surface area contributed by atoms with Gasteiger partial charge in [-0.15, -0.1) is 0 Å². The van der Waals surface area contributed by atoms with Gasteiger partial charge >= 0.3 is 0 Å². The Kier molecular flexibility index (Phi) is 4.55. The van der Waals surface area contributed by atoms with Gasteiger partial charge in [0.25, 0.3) is 0 Å². The summed E-state index contributed by atoms with van der Waals surface area (Å²) < 4.78 is 0. The molecule has 3 heteroatoms. The number of rotatable bonds is 1. The quantitative estimate of drug-likeness (QED) is 0.520. The van der Waals surface area contributed by atoms with E-state index in [-0.39, 0.29) is 24.0 Å². The molecule has 0 saturated carbocycles. The molecular formula is C9H19IN2. The smallest absolute Gasteiger partial charge is 0.166 e. The fourth-order valence-electron chi connectivity index (χ4n) is 1.90. The van der Waals surface area contributed by atoms with Gasteiger partial charge in [0.05, 0.1) is 12.7 Å². The van der Waals surface area contributed by atoms with E-state index in [1.165, 1.54) is 17.8 Å². The van der Waals surface area contributed by atoms with Gasteiger partial charge in [-0.1, -0.05) is 6.92 Å². The molecule has 2 nitrogen and oxygen atoms in total. The predicted molar refractivity (Wildman–Crippen MR) is 47.1 cm³/mol. The van der Waals surface area contributed by atoms with Crippen LogP contribution in [0.1, 0.15) is 27.2 Å². The molecule has 0 spiro atoms. The molecule has 0 aromatic carbocycles. The minimum atomic E-state index is 0. The first-order valence-corrected chi connectivity index (χ1v) is 4.33. The number of nitrogens with one attached hydrogen (secondary N) is 1. The zero-order valence-electron chi connectivity index (χ0n) is 8.61. The standard InChI is InChI=1S/C9H18N2.HI/c1-6-9-10(4)7(2)8(3)11(9)5;/h9H,6H2,1-5H3;1H. The van der Waals surface area contributed by atoms with Crippen LogP contribution in [0.15, 0.2) is 11.4 Å². The summed E-state index contributed by atoms with van der Waals surface area (Å²) in [5.41, 5.74) is 2.92. The highest BCUT2D eigenvalue weighted by Crippen LogP contribution is 2.13. The molecule has 0 fully saturated rings.